The van der Waals surface area contributed by atoms with Crippen LogP contribution in [0.15, 0.2) is 36.1 Å². The van der Waals surface area contributed by atoms with Crippen LogP contribution in [0, 0.1) is 0 Å². The standard InChI is InChI=1S/C18H20O5/c1-2-3-8-20-15-10-14(23-18(19)11-15)6-4-13-5-7-16-17(9-13)22-12-21-16/h4-7,9,11,14H,2-3,8,10,12H2,1H3/b6-4+. The Bertz CT molecular complexity index is 632. The highest BCUT2D eigenvalue weighted by atomic mass is 16.7. The Morgan fingerprint density at radius 1 is 1.30 bits per heavy atom. The summed E-state index contributed by atoms with van der Waals surface area (Å²) >= 11 is 0. The van der Waals surface area contributed by atoms with Crippen LogP contribution in [0.3, 0.4) is 0 Å². The van der Waals surface area contributed by atoms with Crippen LogP contribution >= 0.6 is 0 Å². The molecule has 0 fully saturated rings. The molecule has 1 atom stereocenters. The smallest absolute Gasteiger partial charge is 0.334 e. The van der Waals surface area contributed by atoms with Gasteiger partial charge in [-0.2, -0.15) is 0 Å². The maximum Gasteiger partial charge on any atom is 0.334 e. The lowest BCUT2D eigenvalue weighted by Gasteiger charge is -2.20. The van der Waals surface area contributed by atoms with E-state index in [9.17, 15) is 4.79 Å². The summed E-state index contributed by atoms with van der Waals surface area (Å²) in [6, 6.07) is 5.70. The van der Waals surface area contributed by atoms with Gasteiger partial charge in [-0.3, -0.25) is 0 Å². The van der Waals surface area contributed by atoms with Gasteiger partial charge in [-0.05, 0) is 30.2 Å². The Morgan fingerprint density at radius 3 is 3.04 bits per heavy atom. The molecular weight excluding hydrogens is 296 g/mol. The molecule has 3 rings (SSSR count). The van der Waals surface area contributed by atoms with E-state index < -0.39 is 0 Å². The van der Waals surface area contributed by atoms with Gasteiger partial charge < -0.3 is 18.9 Å². The molecule has 0 spiro atoms. The van der Waals surface area contributed by atoms with E-state index in [0.717, 1.165) is 29.9 Å². The topological polar surface area (TPSA) is 54.0 Å². The average Bonchev–Trinajstić information content (AvgIpc) is 3.00. The summed E-state index contributed by atoms with van der Waals surface area (Å²) in [5.74, 6) is 1.81. The minimum absolute atomic E-state index is 0.256. The van der Waals surface area contributed by atoms with Crippen molar-refractivity contribution in [3.63, 3.8) is 0 Å². The van der Waals surface area contributed by atoms with Gasteiger partial charge in [-0.25, -0.2) is 4.79 Å². The predicted molar refractivity (Wildman–Crippen MR) is 85.0 cm³/mol. The Hall–Kier alpha value is -2.43. The Morgan fingerprint density at radius 2 is 2.17 bits per heavy atom. The van der Waals surface area contributed by atoms with Crippen molar-refractivity contribution in [1.82, 2.24) is 0 Å². The molecule has 0 saturated carbocycles. The number of benzene rings is 1. The van der Waals surface area contributed by atoms with E-state index in [2.05, 4.69) is 6.92 Å². The summed E-state index contributed by atoms with van der Waals surface area (Å²) in [7, 11) is 0. The number of esters is 1. The van der Waals surface area contributed by atoms with Crippen molar-refractivity contribution in [1.29, 1.82) is 0 Å². The second kappa shape index (κ2) is 7.22. The molecule has 2 aliphatic heterocycles. The number of rotatable bonds is 6. The zero-order valence-electron chi connectivity index (χ0n) is 13.1. The molecule has 0 amide bonds. The SMILES string of the molecule is CCCCOC1=CC(=O)OC(/C=C/c2ccc3c(c2)OCO3)C1. The molecular formula is C18H20O5. The Labute approximate surface area is 135 Å². The number of hydrogen-bond donors (Lipinski definition) is 0. The summed E-state index contributed by atoms with van der Waals surface area (Å²) in [6.07, 6.45) is 7.50. The van der Waals surface area contributed by atoms with E-state index in [-0.39, 0.29) is 18.9 Å². The van der Waals surface area contributed by atoms with Gasteiger partial charge in [0.05, 0.1) is 12.7 Å². The highest BCUT2D eigenvalue weighted by molar-refractivity contribution is 5.83. The third-order valence-corrected chi connectivity index (χ3v) is 3.63. The molecule has 2 heterocycles. The number of cyclic esters (lactones) is 1. The molecule has 0 saturated heterocycles. The zero-order chi connectivity index (χ0) is 16.1. The van der Waals surface area contributed by atoms with E-state index in [0.29, 0.717) is 18.8 Å². The number of unbranched alkanes of at least 4 members (excludes halogenated alkanes) is 1. The maximum atomic E-state index is 11.6. The van der Waals surface area contributed by atoms with E-state index >= 15 is 0 Å². The molecule has 0 aromatic heterocycles. The van der Waals surface area contributed by atoms with Crippen LogP contribution < -0.4 is 9.47 Å². The lowest BCUT2D eigenvalue weighted by Crippen LogP contribution is -2.21. The summed E-state index contributed by atoms with van der Waals surface area (Å²) < 4.78 is 21.6. The summed E-state index contributed by atoms with van der Waals surface area (Å²) in [6.45, 7) is 2.99. The van der Waals surface area contributed by atoms with Crippen molar-refractivity contribution in [2.24, 2.45) is 0 Å². The van der Waals surface area contributed by atoms with Crippen LogP contribution in [-0.2, 0) is 14.3 Å². The normalized spacial score (nSPS) is 19.6. The van der Waals surface area contributed by atoms with Crippen molar-refractivity contribution in [2.75, 3.05) is 13.4 Å². The number of fused-ring (bicyclic) bond motifs is 1. The highest BCUT2D eigenvalue weighted by Gasteiger charge is 2.20. The fourth-order valence-corrected chi connectivity index (χ4v) is 2.40. The summed E-state index contributed by atoms with van der Waals surface area (Å²) in [4.78, 5) is 11.6. The summed E-state index contributed by atoms with van der Waals surface area (Å²) in [5.41, 5.74) is 0.966. The highest BCUT2D eigenvalue weighted by Crippen LogP contribution is 2.33. The van der Waals surface area contributed by atoms with Gasteiger partial charge in [0.2, 0.25) is 6.79 Å². The molecule has 0 N–H and O–H groups in total. The molecule has 0 bridgehead atoms. The molecule has 0 aliphatic carbocycles. The molecule has 2 aliphatic rings. The molecule has 1 unspecified atom stereocenters. The molecule has 5 nitrogen and oxygen atoms in total. The van der Waals surface area contributed by atoms with Gasteiger partial charge in [0.25, 0.3) is 0 Å². The number of carbonyl (C=O) groups is 1. The van der Waals surface area contributed by atoms with Crippen LogP contribution in [0.25, 0.3) is 6.08 Å². The molecule has 1 aromatic rings. The van der Waals surface area contributed by atoms with E-state index in [1.807, 2.05) is 30.4 Å². The van der Waals surface area contributed by atoms with Gasteiger partial charge in [0.1, 0.15) is 11.9 Å². The largest absolute Gasteiger partial charge is 0.498 e. The molecule has 5 heteroatoms. The van der Waals surface area contributed by atoms with Crippen molar-refractivity contribution in [3.8, 4) is 11.5 Å². The van der Waals surface area contributed by atoms with Crippen LogP contribution in [0.4, 0.5) is 0 Å². The van der Waals surface area contributed by atoms with E-state index in [1.165, 1.54) is 6.08 Å². The first-order valence-electron chi connectivity index (χ1n) is 7.86. The fraction of sp³-hybridized carbons (Fsp3) is 0.389. The first-order chi connectivity index (χ1) is 11.2. The maximum absolute atomic E-state index is 11.6. The quantitative estimate of drug-likeness (QED) is 0.594. The van der Waals surface area contributed by atoms with Crippen LogP contribution in [0.5, 0.6) is 11.5 Å². The molecule has 23 heavy (non-hydrogen) atoms. The van der Waals surface area contributed by atoms with Crippen molar-refractivity contribution in [3.05, 3.63) is 41.7 Å². The first-order valence-corrected chi connectivity index (χ1v) is 7.86. The minimum atomic E-state index is -0.358. The van der Waals surface area contributed by atoms with Crippen LogP contribution in [-0.4, -0.2) is 25.5 Å². The minimum Gasteiger partial charge on any atom is -0.498 e. The number of ether oxygens (including phenoxy) is 4. The van der Waals surface area contributed by atoms with Gasteiger partial charge >= 0.3 is 5.97 Å². The van der Waals surface area contributed by atoms with Crippen molar-refractivity contribution in [2.45, 2.75) is 32.3 Å². The molecule has 122 valence electrons. The van der Waals surface area contributed by atoms with Crippen molar-refractivity contribution >= 4 is 12.0 Å². The van der Waals surface area contributed by atoms with Crippen LogP contribution in [0.2, 0.25) is 0 Å². The first kappa shape index (κ1) is 15.5. The fourth-order valence-electron chi connectivity index (χ4n) is 2.40. The lowest BCUT2D eigenvalue weighted by atomic mass is 10.1. The van der Waals surface area contributed by atoms with Crippen LogP contribution in [0.1, 0.15) is 31.7 Å². The third kappa shape index (κ3) is 4.06. The van der Waals surface area contributed by atoms with Gasteiger partial charge in [0.15, 0.2) is 11.5 Å². The van der Waals surface area contributed by atoms with E-state index in [1.54, 1.807) is 0 Å². The predicted octanol–water partition coefficient (Wildman–Crippen LogP) is 3.44. The molecule has 0 radical (unpaired) electrons. The Kier molecular flexibility index (Phi) is 4.86. The average molecular weight is 316 g/mol. The monoisotopic (exact) mass is 316 g/mol. The number of hydrogen-bond acceptors (Lipinski definition) is 5. The number of carbonyl (C=O) groups excluding carboxylic acids is 1. The summed E-state index contributed by atoms with van der Waals surface area (Å²) in [5, 5.41) is 0. The Balaban J connectivity index is 1.61. The molecule has 1 aromatic carbocycles. The van der Waals surface area contributed by atoms with Crippen molar-refractivity contribution < 1.29 is 23.7 Å². The van der Waals surface area contributed by atoms with Gasteiger partial charge in [-0.15, -0.1) is 0 Å². The third-order valence-electron chi connectivity index (χ3n) is 3.63. The second-order valence-electron chi connectivity index (χ2n) is 5.46. The second-order valence-corrected chi connectivity index (χ2v) is 5.46. The van der Waals surface area contributed by atoms with Gasteiger partial charge in [-0.1, -0.05) is 25.5 Å². The van der Waals surface area contributed by atoms with Gasteiger partial charge in [0, 0.05) is 6.42 Å². The lowest BCUT2D eigenvalue weighted by molar-refractivity contribution is -0.142. The van der Waals surface area contributed by atoms with E-state index in [4.69, 9.17) is 18.9 Å². The zero-order valence-corrected chi connectivity index (χ0v) is 13.1.